The number of nitrogen functional groups attached to an aromatic ring is 1. The van der Waals surface area contributed by atoms with Gasteiger partial charge >= 0.3 is 0 Å². The van der Waals surface area contributed by atoms with Gasteiger partial charge in [0, 0.05) is 11.1 Å². The summed E-state index contributed by atoms with van der Waals surface area (Å²) in [6.07, 6.45) is 1.02. The SMILES string of the molecule is CCC(C)c1ccccc1OCc1ccc(C(=N)N)cc1F. The van der Waals surface area contributed by atoms with Crippen molar-refractivity contribution in [3.8, 4) is 5.75 Å². The number of halogens is 1. The van der Waals surface area contributed by atoms with Crippen LogP contribution < -0.4 is 10.5 Å². The molecule has 3 N–H and O–H groups in total. The molecule has 3 nitrogen and oxygen atoms in total. The number of rotatable bonds is 6. The Labute approximate surface area is 130 Å². The first-order valence-electron chi connectivity index (χ1n) is 7.37. The van der Waals surface area contributed by atoms with Crippen molar-refractivity contribution in [2.75, 3.05) is 0 Å². The molecular weight excluding hydrogens is 279 g/mol. The van der Waals surface area contributed by atoms with Crippen molar-refractivity contribution in [3.05, 3.63) is 65.0 Å². The van der Waals surface area contributed by atoms with E-state index in [0.29, 0.717) is 17.0 Å². The predicted octanol–water partition coefficient (Wildman–Crippen LogP) is 4.20. The summed E-state index contributed by atoms with van der Waals surface area (Å²) in [7, 11) is 0. The fourth-order valence-corrected chi connectivity index (χ4v) is 2.23. The van der Waals surface area contributed by atoms with Crippen LogP contribution in [0.15, 0.2) is 42.5 Å². The monoisotopic (exact) mass is 300 g/mol. The summed E-state index contributed by atoms with van der Waals surface area (Å²) in [5.74, 6) is 0.621. The maximum Gasteiger partial charge on any atom is 0.130 e. The molecule has 0 fully saturated rings. The lowest BCUT2D eigenvalue weighted by molar-refractivity contribution is 0.295. The van der Waals surface area contributed by atoms with Gasteiger partial charge in [0.15, 0.2) is 0 Å². The van der Waals surface area contributed by atoms with Crippen molar-refractivity contribution in [1.29, 1.82) is 5.41 Å². The highest BCUT2D eigenvalue weighted by molar-refractivity contribution is 5.94. The Kier molecular flexibility index (Phi) is 5.15. The molecule has 2 aromatic carbocycles. The molecule has 2 rings (SSSR count). The second kappa shape index (κ2) is 7.07. The van der Waals surface area contributed by atoms with Gasteiger partial charge in [0.05, 0.1) is 0 Å². The average Bonchev–Trinajstić information content (AvgIpc) is 2.53. The highest BCUT2D eigenvalue weighted by atomic mass is 19.1. The van der Waals surface area contributed by atoms with Gasteiger partial charge in [-0.25, -0.2) is 4.39 Å². The fraction of sp³-hybridized carbons (Fsp3) is 0.278. The van der Waals surface area contributed by atoms with Gasteiger partial charge in [-0.3, -0.25) is 5.41 Å². The quantitative estimate of drug-likeness (QED) is 0.620. The number of nitrogens with two attached hydrogens (primary N) is 1. The van der Waals surface area contributed by atoms with Gasteiger partial charge in [0.25, 0.3) is 0 Å². The summed E-state index contributed by atoms with van der Waals surface area (Å²) in [5.41, 5.74) is 7.31. The molecule has 22 heavy (non-hydrogen) atoms. The summed E-state index contributed by atoms with van der Waals surface area (Å²) in [4.78, 5) is 0. The Hall–Kier alpha value is -2.36. The van der Waals surface area contributed by atoms with E-state index in [-0.39, 0.29) is 12.4 Å². The highest BCUT2D eigenvalue weighted by Crippen LogP contribution is 2.29. The van der Waals surface area contributed by atoms with Crippen molar-refractivity contribution in [3.63, 3.8) is 0 Å². The zero-order valence-electron chi connectivity index (χ0n) is 12.9. The van der Waals surface area contributed by atoms with Crippen LogP contribution in [0.1, 0.15) is 42.9 Å². The highest BCUT2D eigenvalue weighted by Gasteiger charge is 2.11. The molecule has 0 amide bonds. The van der Waals surface area contributed by atoms with Crippen LogP contribution in [0, 0.1) is 11.2 Å². The van der Waals surface area contributed by atoms with Crippen molar-refractivity contribution in [2.24, 2.45) is 5.73 Å². The second-order valence-electron chi connectivity index (χ2n) is 5.36. The number of ether oxygens (including phenoxy) is 1. The Balaban J connectivity index is 2.15. The first-order chi connectivity index (χ1) is 10.5. The van der Waals surface area contributed by atoms with E-state index in [1.165, 1.54) is 6.07 Å². The van der Waals surface area contributed by atoms with Crippen LogP contribution in [0.2, 0.25) is 0 Å². The van der Waals surface area contributed by atoms with Crippen molar-refractivity contribution in [1.82, 2.24) is 0 Å². The number of hydrogen-bond acceptors (Lipinski definition) is 2. The van der Waals surface area contributed by atoms with Gasteiger partial charge in [-0.15, -0.1) is 0 Å². The standard InChI is InChI=1S/C18H21FN2O/c1-3-12(2)15-6-4-5-7-17(15)22-11-14-9-8-13(18(20)21)10-16(14)19/h4-10,12H,3,11H2,1-2H3,(H3,20,21). The van der Waals surface area contributed by atoms with E-state index in [1.54, 1.807) is 12.1 Å². The van der Waals surface area contributed by atoms with Gasteiger partial charge in [0.1, 0.15) is 24.0 Å². The molecule has 1 unspecified atom stereocenters. The van der Waals surface area contributed by atoms with Crippen LogP contribution in [0.25, 0.3) is 0 Å². The molecule has 1 atom stereocenters. The summed E-state index contributed by atoms with van der Waals surface area (Å²) in [6.45, 7) is 4.42. The molecule has 0 bridgehead atoms. The lowest BCUT2D eigenvalue weighted by atomic mass is 9.98. The molecule has 0 radical (unpaired) electrons. The van der Waals surface area contributed by atoms with Crippen LogP contribution in [0.5, 0.6) is 5.75 Å². The molecule has 0 aliphatic carbocycles. The number of para-hydroxylation sites is 1. The molecule has 0 saturated carbocycles. The van der Waals surface area contributed by atoms with E-state index in [9.17, 15) is 4.39 Å². The zero-order chi connectivity index (χ0) is 16.1. The lowest BCUT2D eigenvalue weighted by Crippen LogP contribution is -2.12. The topological polar surface area (TPSA) is 59.1 Å². The molecule has 0 heterocycles. The summed E-state index contributed by atoms with van der Waals surface area (Å²) >= 11 is 0. The van der Waals surface area contributed by atoms with Crippen molar-refractivity contribution < 1.29 is 9.13 Å². The van der Waals surface area contributed by atoms with E-state index in [0.717, 1.165) is 17.7 Å². The molecule has 0 aromatic heterocycles. The first kappa shape index (κ1) is 16.0. The third-order valence-electron chi connectivity index (χ3n) is 3.81. The van der Waals surface area contributed by atoms with Gasteiger partial charge in [0.2, 0.25) is 0 Å². The van der Waals surface area contributed by atoms with E-state index in [4.69, 9.17) is 15.9 Å². The van der Waals surface area contributed by atoms with Crippen LogP contribution in [0.4, 0.5) is 4.39 Å². The summed E-state index contributed by atoms with van der Waals surface area (Å²) in [6, 6.07) is 12.3. The van der Waals surface area contributed by atoms with Gasteiger partial charge in [-0.1, -0.05) is 44.2 Å². The molecule has 0 aliphatic rings. The first-order valence-corrected chi connectivity index (χ1v) is 7.37. The average molecular weight is 300 g/mol. The molecule has 116 valence electrons. The van der Waals surface area contributed by atoms with Gasteiger partial charge in [-0.2, -0.15) is 0 Å². The molecular formula is C18H21FN2O. The molecule has 0 spiro atoms. The van der Waals surface area contributed by atoms with Crippen LogP contribution in [0.3, 0.4) is 0 Å². The smallest absolute Gasteiger partial charge is 0.130 e. The van der Waals surface area contributed by atoms with E-state index < -0.39 is 5.82 Å². The summed E-state index contributed by atoms with van der Waals surface area (Å²) < 4.78 is 19.8. The van der Waals surface area contributed by atoms with Crippen molar-refractivity contribution in [2.45, 2.75) is 32.8 Å². The minimum Gasteiger partial charge on any atom is -0.489 e. The minimum absolute atomic E-state index is 0.145. The third kappa shape index (κ3) is 3.64. The van der Waals surface area contributed by atoms with Crippen LogP contribution >= 0.6 is 0 Å². The minimum atomic E-state index is -0.409. The predicted molar refractivity (Wildman–Crippen MR) is 86.9 cm³/mol. The maximum atomic E-state index is 14.0. The van der Waals surface area contributed by atoms with Crippen LogP contribution in [-0.2, 0) is 6.61 Å². The van der Waals surface area contributed by atoms with Crippen LogP contribution in [-0.4, -0.2) is 5.84 Å². The second-order valence-corrected chi connectivity index (χ2v) is 5.36. The van der Waals surface area contributed by atoms with Crippen molar-refractivity contribution >= 4 is 5.84 Å². The Morgan fingerprint density at radius 3 is 2.64 bits per heavy atom. The Morgan fingerprint density at radius 2 is 2.00 bits per heavy atom. The van der Waals surface area contributed by atoms with E-state index in [2.05, 4.69) is 13.8 Å². The van der Waals surface area contributed by atoms with Gasteiger partial charge < -0.3 is 10.5 Å². The molecule has 0 aliphatic heterocycles. The number of hydrogen-bond donors (Lipinski definition) is 2. The normalized spacial score (nSPS) is 12.0. The lowest BCUT2D eigenvalue weighted by Gasteiger charge is -2.16. The Bertz CT molecular complexity index is 670. The number of nitrogens with one attached hydrogen (secondary N) is 1. The van der Waals surface area contributed by atoms with E-state index in [1.807, 2.05) is 24.3 Å². The number of benzene rings is 2. The Morgan fingerprint density at radius 1 is 1.27 bits per heavy atom. The zero-order valence-corrected chi connectivity index (χ0v) is 12.9. The number of amidine groups is 1. The third-order valence-corrected chi connectivity index (χ3v) is 3.81. The largest absolute Gasteiger partial charge is 0.489 e. The summed E-state index contributed by atoms with van der Waals surface area (Å²) in [5, 5.41) is 7.32. The van der Waals surface area contributed by atoms with E-state index >= 15 is 0 Å². The molecule has 4 heteroatoms. The molecule has 0 saturated heterocycles. The fourth-order valence-electron chi connectivity index (χ4n) is 2.23. The maximum absolute atomic E-state index is 14.0. The van der Waals surface area contributed by atoms with Gasteiger partial charge in [-0.05, 0) is 30.0 Å². The molecule has 2 aromatic rings.